The van der Waals surface area contributed by atoms with E-state index in [1.54, 1.807) is 7.11 Å². The van der Waals surface area contributed by atoms with Crippen LogP contribution in [0.4, 0.5) is 0 Å². The molecule has 106 valence electrons. The second-order valence-electron chi connectivity index (χ2n) is 4.47. The molecule has 0 bridgehead atoms. The number of benzene rings is 2. The van der Waals surface area contributed by atoms with Gasteiger partial charge in [-0.25, -0.2) is 0 Å². The molecule has 0 aliphatic carbocycles. The molecule has 0 saturated heterocycles. The van der Waals surface area contributed by atoms with Crippen molar-refractivity contribution in [3.05, 3.63) is 54.1 Å². The summed E-state index contributed by atoms with van der Waals surface area (Å²) >= 11 is 0. The summed E-state index contributed by atoms with van der Waals surface area (Å²) in [5, 5.41) is 11.5. The quantitative estimate of drug-likeness (QED) is 0.736. The highest BCUT2D eigenvalue weighted by atomic mass is 16.5. The summed E-state index contributed by atoms with van der Waals surface area (Å²) < 4.78 is 12.6. The van der Waals surface area contributed by atoms with Crippen LogP contribution in [0, 0.1) is 6.92 Å². The summed E-state index contributed by atoms with van der Waals surface area (Å²) in [6.07, 6.45) is 0. The van der Waals surface area contributed by atoms with Crippen molar-refractivity contribution in [1.82, 2.24) is 20.2 Å². The van der Waals surface area contributed by atoms with Gasteiger partial charge in [-0.15, -0.1) is 0 Å². The van der Waals surface area contributed by atoms with Crippen LogP contribution < -0.4 is 9.47 Å². The van der Waals surface area contributed by atoms with Crippen LogP contribution in [0.15, 0.2) is 48.5 Å². The summed E-state index contributed by atoms with van der Waals surface area (Å²) in [7, 11) is 1.60. The molecule has 0 radical (unpaired) electrons. The molecule has 1 heterocycles. The molecule has 0 amide bonds. The Kier molecular flexibility index (Phi) is 3.51. The lowest BCUT2D eigenvalue weighted by Crippen LogP contribution is -2.01. The maximum Gasteiger partial charge on any atom is 0.346 e. The number of hydrogen-bond acceptors (Lipinski definition) is 5. The molecule has 21 heavy (non-hydrogen) atoms. The van der Waals surface area contributed by atoms with Gasteiger partial charge in [0, 0.05) is 0 Å². The molecule has 0 aliphatic heterocycles. The Morgan fingerprint density at radius 3 is 2.57 bits per heavy atom. The predicted octanol–water partition coefficient (Wildman–Crippen LogP) is 2.77. The number of aromatic nitrogens is 4. The number of methoxy groups -OCH3 is 1. The third kappa shape index (κ3) is 2.69. The fourth-order valence-corrected chi connectivity index (χ4v) is 1.93. The van der Waals surface area contributed by atoms with Gasteiger partial charge in [0.15, 0.2) is 11.5 Å². The average molecular weight is 282 g/mol. The molecule has 0 fully saturated rings. The monoisotopic (exact) mass is 282 g/mol. The third-order valence-electron chi connectivity index (χ3n) is 2.96. The second-order valence-corrected chi connectivity index (χ2v) is 4.47. The van der Waals surface area contributed by atoms with Crippen molar-refractivity contribution in [2.45, 2.75) is 6.92 Å². The van der Waals surface area contributed by atoms with Gasteiger partial charge in [-0.05, 0) is 47.2 Å². The topological polar surface area (TPSA) is 62.1 Å². The highest BCUT2D eigenvalue weighted by Crippen LogP contribution is 2.31. The van der Waals surface area contributed by atoms with E-state index in [9.17, 15) is 0 Å². The normalized spacial score (nSPS) is 10.4. The summed E-state index contributed by atoms with van der Waals surface area (Å²) in [5.74, 6) is 1.20. The van der Waals surface area contributed by atoms with E-state index in [0.717, 1.165) is 11.3 Å². The number of nitrogens with zero attached hydrogens (tertiary/aromatic N) is 4. The fraction of sp³-hybridized carbons (Fsp3) is 0.133. The van der Waals surface area contributed by atoms with Crippen molar-refractivity contribution < 1.29 is 9.47 Å². The minimum Gasteiger partial charge on any atom is -0.493 e. The molecule has 6 nitrogen and oxygen atoms in total. The van der Waals surface area contributed by atoms with Gasteiger partial charge in [0.25, 0.3) is 0 Å². The van der Waals surface area contributed by atoms with Crippen LogP contribution in [-0.2, 0) is 0 Å². The number of aryl methyl sites for hydroxylation is 1. The first-order valence-electron chi connectivity index (χ1n) is 6.44. The lowest BCUT2D eigenvalue weighted by atomic mass is 10.2. The molecule has 0 unspecified atom stereocenters. The first-order chi connectivity index (χ1) is 10.3. The van der Waals surface area contributed by atoms with Gasteiger partial charge in [-0.2, -0.15) is 4.68 Å². The number of para-hydroxylation sites is 1. The van der Waals surface area contributed by atoms with E-state index in [2.05, 4.69) is 15.5 Å². The van der Waals surface area contributed by atoms with Crippen molar-refractivity contribution in [3.8, 4) is 23.2 Å². The van der Waals surface area contributed by atoms with Gasteiger partial charge in [0.05, 0.1) is 12.8 Å². The van der Waals surface area contributed by atoms with Gasteiger partial charge in [0.1, 0.15) is 0 Å². The molecule has 0 saturated carbocycles. The van der Waals surface area contributed by atoms with Crippen LogP contribution in [0.3, 0.4) is 0 Å². The third-order valence-corrected chi connectivity index (χ3v) is 2.96. The zero-order valence-corrected chi connectivity index (χ0v) is 11.7. The first-order valence-corrected chi connectivity index (χ1v) is 6.44. The van der Waals surface area contributed by atoms with Crippen molar-refractivity contribution in [2.75, 3.05) is 7.11 Å². The zero-order chi connectivity index (χ0) is 14.7. The summed E-state index contributed by atoms with van der Waals surface area (Å²) in [5.41, 5.74) is 1.91. The Morgan fingerprint density at radius 2 is 1.81 bits per heavy atom. The summed E-state index contributed by atoms with van der Waals surface area (Å²) in [4.78, 5) is 0. The van der Waals surface area contributed by atoms with Crippen LogP contribution in [0.25, 0.3) is 5.69 Å². The van der Waals surface area contributed by atoms with E-state index in [1.807, 2.05) is 55.5 Å². The van der Waals surface area contributed by atoms with Crippen molar-refractivity contribution in [2.24, 2.45) is 0 Å². The number of rotatable bonds is 4. The van der Waals surface area contributed by atoms with Gasteiger partial charge in [0.2, 0.25) is 0 Å². The maximum absolute atomic E-state index is 5.78. The molecular weight excluding hydrogens is 268 g/mol. The smallest absolute Gasteiger partial charge is 0.346 e. The molecule has 3 rings (SSSR count). The standard InChI is InChI=1S/C15H14N4O2/c1-11-8-9-13(14(10-11)20-2)21-15-16-17-18-19(15)12-6-4-3-5-7-12/h3-10H,1-2H3. The van der Waals surface area contributed by atoms with E-state index in [1.165, 1.54) is 4.68 Å². The first kappa shape index (κ1) is 13.1. The maximum atomic E-state index is 5.78. The highest BCUT2D eigenvalue weighted by molar-refractivity contribution is 5.44. The minimum atomic E-state index is 0.281. The van der Waals surface area contributed by atoms with Crippen LogP contribution in [0.2, 0.25) is 0 Å². The number of tetrazole rings is 1. The Hall–Kier alpha value is -2.89. The molecule has 2 aromatic carbocycles. The lowest BCUT2D eigenvalue weighted by molar-refractivity contribution is 0.363. The molecule has 1 aromatic heterocycles. The lowest BCUT2D eigenvalue weighted by Gasteiger charge is -2.10. The predicted molar refractivity (Wildman–Crippen MR) is 77.0 cm³/mol. The Bertz CT molecular complexity index is 740. The Labute approximate surface area is 121 Å². The zero-order valence-electron chi connectivity index (χ0n) is 11.7. The Balaban J connectivity index is 1.95. The second kappa shape index (κ2) is 5.62. The largest absolute Gasteiger partial charge is 0.493 e. The molecule has 0 N–H and O–H groups in total. The van der Waals surface area contributed by atoms with Crippen molar-refractivity contribution in [3.63, 3.8) is 0 Å². The van der Waals surface area contributed by atoms with E-state index in [4.69, 9.17) is 9.47 Å². The van der Waals surface area contributed by atoms with E-state index in [0.29, 0.717) is 11.5 Å². The van der Waals surface area contributed by atoms with Crippen molar-refractivity contribution in [1.29, 1.82) is 0 Å². The van der Waals surface area contributed by atoms with E-state index < -0.39 is 0 Å². The minimum absolute atomic E-state index is 0.281. The van der Waals surface area contributed by atoms with Gasteiger partial charge >= 0.3 is 6.01 Å². The highest BCUT2D eigenvalue weighted by Gasteiger charge is 2.13. The number of hydrogen-bond donors (Lipinski definition) is 0. The molecule has 0 aliphatic rings. The average Bonchev–Trinajstić information content (AvgIpc) is 2.98. The summed E-state index contributed by atoms with van der Waals surface area (Å²) in [6.45, 7) is 1.99. The van der Waals surface area contributed by atoms with Crippen LogP contribution in [0.5, 0.6) is 17.5 Å². The van der Waals surface area contributed by atoms with Crippen LogP contribution >= 0.6 is 0 Å². The van der Waals surface area contributed by atoms with Crippen LogP contribution in [-0.4, -0.2) is 27.3 Å². The van der Waals surface area contributed by atoms with Gasteiger partial charge in [-0.3, -0.25) is 0 Å². The van der Waals surface area contributed by atoms with Crippen molar-refractivity contribution >= 4 is 0 Å². The molecule has 0 spiro atoms. The van der Waals surface area contributed by atoms with E-state index in [-0.39, 0.29) is 6.01 Å². The van der Waals surface area contributed by atoms with Gasteiger partial charge < -0.3 is 9.47 Å². The SMILES string of the molecule is COc1cc(C)ccc1Oc1nnnn1-c1ccccc1. The Morgan fingerprint density at radius 1 is 1.00 bits per heavy atom. The fourth-order valence-electron chi connectivity index (χ4n) is 1.93. The molecular formula is C15H14N4O2. The number of ether oxygens (including phenoxy) is 2. The molecule has 6 heteroatoms. The van der Waals surface area contributed by atoms with Gasteiger partial charge in [-0.1, -0.05) is 29.4 Å². The van der Waals surface area contributed by atoms with Crippen LogP contribution in [0.1, 0.15) is 5.56 Å². The summed E-state index contributed by atoms with van der Waals surface area (Å²) in [6, 6.07) is 15.5. The molecule has 3 aromatic rings. The molecule has 0 atom stereocenters. The van der Waals surface area contributed by atoms with E-state index >= 15 is 0 Å².